The quantitative estimate of drug-likeness (QED) is 0.332. The third-order valence-electron chi connectivity index (χ3n) is 2.74. The molecule has 20 heavy (non-hydrogen) atoms. The topological polar surface area (TPSA) is 101 Å². The second-order valence-corrected chi connectivity index (χ2v) is 4.04. The van der Waals surface area contributed by atoms with Gasteiger partial charge in [0, 0.05) is 12.8 Å². The number of hydrogen-bond donors (Lipinski definition) is 3. The predicted octanol–water partition coefficient (Wildman–Crippen LogP) is 1.50. The van der Waals surface area contributed by atoms with E-state index in [-0.39, 0.29) is 12.4 Å². The molecule has 6 heteroatoms. The van der Waals surface area contributed by atoms with E-state index in [4.69, 9.17) is 20.8 Å². The first-order valence-corrected chi connectivity index (χ1v) is 6.04. The van der Waals surface area contributed by atoms with Crippen LogP contribution in [0.25, 0.3) is 0 Å². The molecular weight excluding hydrogens is 258 g/mol. The first-order valence-electron chi connectivity index (χ1n) is 6.04. The second-order valence-electron chi connectivity index (χ2n) is 4.04. The summed E-state index contributed by atoms with van der Waals surface area (Å²) in [4.78, 5) is 3.97. The standard InChI is InChI=1S/C14H15N3O3/c15-14(17-19)11-5-7-16-9-13(11)20-12-4-2-1-3-10(12)6-8-18/h1-5,7,9,18-19H,6,8H2,(H2,15,17). The van der Waals surface area contributed by atoms with E-state index in [9.17, 15) is 0 Å². The number of amidine groups is 1. The van der Waals surface area contributed by atoms with Crippen molar-refractivity contribution in [3.63, 3.8) is 0 Å². The fourth-order valence-corrected chi connectivity index (χ4v) is 1.78. The van der Waals surface area contributed by atoms with Gasteiger partial charge in [0.2, 0.25) is 0 Å². The number of aromatic nitrogens is 1. The Labute approximate surface area is 116 Å². The molecule has 4 N–H and O–H groups in total. The van der Waals surface area contributed by atoms with Crippen LogP contribution in [0.4, 0.5) is 0 Å². The molecular formula is C14H15N3O3. The van der Waals surface area contributed by atoms with Crippen molar-refractivity contribution in [2.45, 2.75) is 6.42 Å². The molecule has 1 aromatic heterocycles. The van der Waals surface area contributed by atoms with E-state index in [0.717, 1.165) is 5.56 Å². The maximum Gasteiger partial charge on any atom is 0.173 e. The van der Waals surface area contributed by atoms with Crippen molar-refractivity contribution in [1.82, 2.24) is 4.98 Å². The molecule has 0 spiro atoms. The average molecular weight is 273 g/mol. The van der Waals surface area contributed by atoms with Crippen LogP contribution in [0.15, 0.2) is 47.9 Å². The van der Waals surface area contributed by atoms with Crippen LogP contribution in [0.1, 0.15) is 11.1 Å². The lowest BCUT2D eigenvalue weighted by Gasteiger charge is -2.12. The summed E-state index contributed by atoms with van der Waals surface area (Å²) in [6.07, 6.45) is 3.50. The Balaban J connectivity index is 2.36. The van der Waals surface area contributed by atoms with E-state index in [2.05, 4.69) is 10.1 Å². The number of nitrogens with zero attached hydrogens (tertiary/aromatic N) is 2. The minimum atomic E-state index is -0.0537. The molecule has 0 atom stereocenters. The van der Waals surface area contributed by atoms with Gasteiger partial charge in [-0.25, -0.2) is 0 Å². The summed E-state index contributed by atoms with van der Waals surface area (Å²) < 4.78 is 5.77. The minimum Gasteiger partial charge on any atom is -0.455 e. The Morgan fingerprint density at radius 3 is 2.80 bits per heavy atom. The highest BCUT2D eigenvalue weighted by Crippen LogP contribution is 2.27. The molecule has 104 valence electrons. The Hall–Kier alpha value is -2.60. The Kier molecular flexibility index (Phi) is 4.52. The summed E-state index contributed by atoms with van der Waals surface area (Å²) in [5, 5.41) is 20.8. The van der Waals surface area contributed by atoms with Crippen molar-refractivity contribution in [3.05, 3.63) is 53.9 Å². The third kappa shape index (κ3) is 3.04. The van der Waals surface area contributed by atoms with Gasteiger partial charge in [-0.1, -0.05) is 23.4 Å². The van der Waals surface area contributed by atoms with Crippen LogP contribution in [0.2, 0.25) is 0 Å². The van der Waals surface area contributed by atoms with Gasteiger partial charge in [-0.15, -0.1) is 0 Å². The van der Waals surface area contributed by atoms with Gasteiger partial charge in [0.25, 0.3) is 0 Å². The molecule has 0 radical (unpaired) electrons. The van der Waals surface area contributed by atoms with Crippen LogP contribution in [0, 0.1) is 0 Å². The summed E-state index contributed by atoms with van der Waals surface area (Å²) >= 11 is 0. The molecule has 6 nitrogen and oxygen atoms in total. The van der Waals surface area contributed by atoms with Crippen LogP contribution in [0.3, 0.4) is 0 Å². The zero-order chi connectivity index (χ0) is 14.4. The zero-order valence-corrected chi connectivity index (χ0v) is 10.7. The number of aliphatic hydroxyl groups excluding tert-OH is 1. The summed E-state index contributed by atoms with van der Waals surface area (Å²) in [6.45, 7) is 0.0283. The maximum atomic E-state index is 9.05. The molecule has 0 aliphatic heterocycles. The number of hydrogen-bond acceptors (Lipinski definition) is 5. The third-order valence-corrected chi connectivity index (χ3v) is 2.74. The number of rotatable bonds is 5. The van der Waals surface area contributed by atoms with Gasteiger partial charge in [0.15, 0.2) is 11.6 Å². The summed E-state index contributed by atoms with van der Waals surface area (Å²) in [6, 6.07) is 8.94. The monoisotopic (exact) mass is 273 g/mol. The number of oxime groups is 1. The van der Waals surface area contributed by atoms with Crippen LogP contribution >= 0.6 is 0 Å². The van der Waals surface area contributed by atoms with Gasteiger partial charge in [0.1, 0.15) is 5.75 Å². The lowest BCUT2D eigenvalue weighted by Crippen LogP contribution is -2.14. The van der Waals surface area contributed by atoms with E-state index in [0.29, 0.717) is 23.5 Å². The van der Waals surface area contributed by atoms with Crippen molar-refractivity contribution in [1.29, 1.82) is 0 Å². The maximum absolute atomic E-state index is 9.05. The highest BCUT2D eigenvalue weighted by atomic mass is 16.5. The minimum absolute atomic E-state index is 0.0283. The smallest absolute Gasteiger partial charge is 0.173 e. The second kappa shape index (κ2) is 6.53. The molecule has 0 aliphatic rings. The van der Waals surface area contributed by atoms with Gasteiger partial charge in [-0.2, -0.15) is 0 Å². The SMILES string of the molecule is N/C(=N/O)c1ccncc1Oc1ccccc1CCO. The molecule has 1 aromatic carbocycles. The lowest BCUT2D eigenvalue weighted by atomic mass is 10.1. The molecule has 0 amide bonds. The Morgan fingerprint density at radius 2 is 2.05 bits per heavy atom. The Bertz CT molecular complexity index is 614. The molecule has 1 heterocycles. The number of aliphatic hydroxyl groups is 1. The van der Waals surface area contributed by atoms with Crippen LogP contribution < -0.4 is 10.5 Å². The molecule has 2 aromatic rings. The highest BCUT2D eigenvalue weighted by molar-refractivity contribution is 5.99. The zero-order valence-electron chi connectivity index (χ0n) is 10.7. The van der Waals surface area contributed by atoms with Crippen molar-refractivity contribution in [2.24, 2.45) is 10.9 Å². The van der Waals surface area contributed by atoms with Crippen molar-refractivity contribution < 1.29 is 15.1 Å². The average Bonchev–Trinajstić information content (AvgIpc) is 2.49. The molecule has 0 fully saturated rings. The van der Waals surface area contributed by atoms with Crippen molar-refractivity contribution in [3.8, 4) is 11.5 Å². The van der Waals surface area contributed by atoms with Gasteiger partial charge in [0.05, 0.1) is 11.8 Å². The fourth-order valence-electron chi connectivity index (χ4n) is 1.78. The first-order chi connectivity index (χ1) is 9.76. The summed E-state index contributed by atoms with van der Waals surface area (Å²) in [5.41, 5.74) is 6.91. The van der Waals surface area contributed by atoms with Gasteiger partial charge >= 0.3 is 0 Å². The fraction of sp³-hybridized carbons (Fsp3) is 0.143. The predicted molar refractivity (Wildman–Crippen MR) is 74.1 cm³/mol. The molecule has 0 unspecified atom stereocenters. The van der Waals surface area contributed by atoms with Gasteiger partial charge < -0.3 is 20.8 Å². The van der Waals surface area contributed by atoms with Gasteiger partial charge in [-0.3, -0.25) is 4.98 Å². The number of ether oxygens (including phenoxy) is 1. The molecule has 0 saturated carbocycles. The normalized spacial score (nSPS) is 11.3. The van der Waals surface area contributed by atoms with Crippen molar-refractivity contribution >= 4 is 5.84 Å². The summed E-state index contributed by atoms with van der Waals surface area (Å²) in [5.74, 6) is 0.928. The molecule has 0 bridgehead atoms. The number of benzene rings is 1. The van der Waals surface area contributed by atoms with E-state index in [1.54, 1.807) is 12.1 Å². The Morgan fingerprint density at radius 1 is 1.25 bits per heavy atom. The molecule has 0 saturated heterocycles. The highest BCUT2D eigenvalue weighted by Gasteiger charge is 2.11. The van der Waals surface area contributed by atoms with Crippen LogP contribution in [-0.4, -0.2) is 27.7 Å². The van der Waals surface area contributed by atoms with E-state index in [1.807, 2.05) is 18.2 Å². The van der Waals surface area contributed by atoms with Crippen molar-refractivity contribution in [2.75, 3.05) is 6.61 Å². The largest absolute Gasteiger partial charge is 0.455 e. The van der Waals surface area contributed by atoms with Crippen LogP contribution in [0.5, 0.6) is 11.5 Å². The number of nitrogens with two attached hydrogens (primary N) is 1. The van der Waals surface area contributed by atoms with E-state index < -0.39 is 0 Å². The van der Waals surface area contributed by atoms with E-state index in [1.165, 1.54) is 12.4 Å². The van der Waals surface area contributed by atoms with Crippen LogP contribution in [-0.2, 0) is 6.42 Å². The lowest BCUT2D eigenvalue weighted by molar-refractivity contribution is 0.298. The van der Waals surface area contributed by atoms with Gasteiger partial charge in [-0.05, 0) is 24.1 Å². The molecule has 0 aliphatic carbocycles. The number of pyridine rings is 1. The number of para-hydroxylation sites is 1. The summed E-state index contributed by atoms with van der Waals surface area (Å²) in [7, 11) is 0. The van der Waals surface area contributed by atoms with E-state index >= 15 is 0 Å². The molecule has 2 rings (SSSR count). The first kappa shape index (κ1) is 13.8.